The first-order valence-electron chi connectivity index (χ1n) is 6.19. The summed E-state index contributed by atoms with van der Waals surface area (Å²) in [6.45, 7) is 3.13. The molecule has 2 heterocycles. The Morgan fingerprint density at radius 1 is 1.16 bits per heavy atom. The van der Waals surface area contributed by atoms with Crippen LogP contribution in [0.5, 0.6) is 0 Å². The number of benzene rings is 1. The van der Waals surface area contributed by atoms with Crippen LogP contribution in [0.3, 0.4) is 0 Å². The lowest BCUT2D eigenvalue weighted by Crippen LogP contribution is -2.30. The predicted octanol–water partition coefficient (Wildman–Crippen LogP) is 4.11. The van der Waals surface area contributed by atoms with Gasteiger partial charge in [0.2, 0.25) is 0 Å². The largest absolute Gasteiger partial charge is 0.338 e. The van der Waals surface area contributed by atoms with Crippen LogP contribution >= 0.6 is 23.2 Å². The second-order valence-electron chi connectivity index (χ2n) is 4.89. The quantitative estimate of drug-likeness (QED) is 0.792. The van der Waals surface area contributed by atoms with Crippen LogP contribution < -0.4 is 4.90 Å². The molecule has 19 heavy (non-hydrogen) atoms. The van der Waals surface area contributed by atoms with E-state index in [2.05, 4.69) is 40.2 Å². The number of para-hydroxylation sites is 1. The van der Waals surface area contributed by atoms with E-state index in [0.717, 1.165) is 18.7 Å². The summed E-state index contributed by atoms with van der Waals surface area (Å²) in [5.74, 6) is 0.554. The van der Waals surface area contributed by atoms with Crippen molar-refractivity contribution in [3.63, 3.8) is 0 Å². The smallest absolute Gasteiger partial charge is 0.175 e. The fraction of sp³-hybridized carbons (Fsp3) is 0.286. The number of anilines is 2. The molecule has 0 radical (unpaired) electrons. The Kier molecular flexibility index (Phi) is 3.33. The average molecular weight is 294 g/mol. The molecule has 1 aliphatic rings. The molecule has 1 aliphatic heterocycles. The second kappa shape index (κ2) is 4.99. The van der Waals surface area contributed by atoms with Crippen molar-refractivity contribution in [3.8, 4) is 0 Å². The Bertz CT molecular complexity index is 615. The van der Waals surface area contributed by atoms with Gasteiger partial charge in [-0.1, -0.05) is 48.3 Å². The third kappa shape index (κ3) is 2.40. The summed E-state index contributed by atoms with van der Waals surface area (Å²) in [6.07, 6.45) is 1.08. The first-order chi connectivity index (χ1) is 9.15. The molecule has 1 aromatic heterocycles. The molecule has 0 bridgehead atoms. The number of aromatic nitrogens is 2. The van der Waals surface area contributed by atoms with Crippen molar-refractivity contribution in [1.29, 1.82) is 0 Å². The van der Waals surface area contributed by atoms with E-state index in [-0.39, 0.29) is 0 Å². The Morgan fingerprint density at radius 3 is 2.79 bits per heavy atom. The molecule has 0 saturated carbocycles. The van der Waals surface area contributed by atoms with E-state index in [4.69, 9.17) is 23.2 Å². The van der Waals surface area contributed by atoms with Crippen molar-refractivity contribution in [2.45, 2.75) is 13.3 Å². The fourth-order valence-electron chi connectivity index (χ4n) is 2.56. The number of hydrogen-bond donors (Lipinski definition) is 0. The minimum atomic E-state index is 0.357. The van der Waals surface area contributed by atoms with Crippen LogP contribution in [0.4, 0.5) is 11.4 Å². The maximum absolute atomic E-state index is 6.17. The molecule has 3 nitrogen and oxygen atoms in total. The first kappa shape index (κ1) is 12.7. The molecule has 98 valence electrons. The zero-order valence-electron chi connectivity index (χ0n) is 10.5. The molecule has 0 aliphatic carbocycles. The van der Waals surface area contributed by atoms with Gasteiger partial charge in [-0.3, -0.25) is 0 Å². The van der Waals surface area contributed by atoms with Gasteiger partial charge in [-0.05, 0) is 24.0 Å². The molecule has 0 N–H and O–H groups in total. The molecule has 1 aromatic carbocycles. The third-order valence-electron chi connectivity index (χ3n) is 3.34. The highest BCUT2D eigenvalue weighted by atomic mass is 35.5. The topological polar surface area (TPSA) is 29.0 Å². The minimum absolute atomic E-state index is 0.357. The third-order valence-corrected chi connectivity index (χ3v) is 3.79. The Balaban J connectivity index is 2.12. The molecule has 1 atom stereocenters. The van der Waals surface area contributed by atoms with Gasteiger partial charge in [0.25, 0.3) is 0 Å². The van der Waals surface area contributed by atoms with Gasteiger partial charge in [-0.15, -0.1) is 10.2 Å². The highest BCUT2D eigenvalue weighted by Gasteiger charge is 2.24. The SMILES string of the molecule is CC1Cc2ccccc2N(c2cc(Cl)nnc2Cl)C1. The van der Waals surface area contributed by atoms with E-state index in [9.17, 15) is 0 Å². The van der Waals surface area contributed by atoms with E-state index in [0.29, 0.717) is 16.2 Å². The van der Waals surface area contributed by atoms with Gasteiger partial charge in [0.05, 0.1) is 5.69 Å². The fourth-order valence-corrected chi connectivity index (χ4v) is 2.89. The van der Waals surface area contributed by atoms with E-state index in [1.807, 2.05) is 6.07 Å². The van der Waals surface area contributed by atoms with Crippen molar-refractivity contribution in [2.24, 2.45) is 5.92 Å². The molecule has 5 heteroatoms. The van der Waals surface area contributed by atoms with Crippen LogP contribution in [0.2, 0.25) is 10.3 Å². The number of rotatable bonds is 1. The van der Waals surface area contributed by atoms with E-state index >= 15 is 0 Å². The van der Waals surface area contributed by atoms with Crippen molar-refractivity contribution < 1.29 is 0 Å². The normalized spacial score (nSPS) is 18.3. The molecule has 1 unspecified atom stereocenters. The lowest BCUT2D eigenvalue weighted by atomic mass is 9.93. The number of nitrogens with zero attached hydrogens (tertiary/aromatic N) is 3. The van der Waals surface area contributed by atoms with Gasteiger partial charge in [0, 0.05) is 18.3 Å². The summed E-state index contributed by atoms with van der Waals surface area (Å²) < 4.78 is 0. The number of fused-ring (bicyclic) bond motifs is 1. The van der Waals surface area contributed by atoms with E-state index < -0.39 is 0 Å². The highest BCUT2D eigenvalue weighted by Crippen LogP contribution is 2.38. The molecule has 3 rings (SSSR count). The molecule has 0 spiro atoms. The summed E-state index contributed by atoms with van der Waals surface area (Å²) in [5.41, 5.74) is 3.32. The van der Waals surface area contributed by atoms with Gasteiger partial charge in [0.1, 0.15) is 0 Å². The monoisotopic (exact) mass is 293 g/mol. The zero-order chi connectivity index (χ0) is 13.4. The highest BCUT2D eigenvalue weighted by molar-refractivity contribution is 6.33. The first-order valence-corrected chi connectivity index (χ1v) is 6.95. The van der Waals surface area contributed by atoms with Gasteiger partial charge in [0.15, 0.2) is 10.3 Å². The van der Waals surface area contributed by atoms with E-state index in [1.165, 1.54) is 11.3 Å². The summed E-state index contributed by atoms with van der Waals surface area (Å²) >= 11 is 12.1. The van der Waals surface area contributed by atoms with Gasteiger partial charge in [-0.25, -0.2) is 0 Å². The van der Waals surface area contributed by atoms with Gasteiger partial charge in [-0.2, -0.15) is 0 Å². The van der Waals surface area contributed by atoms with Gasteiger partial charge < -0.3 is 4.90 Å². The maximum Gasteiger partial charge on any atom is 0.175 e. The number of halogens is 2. The summed E-state index contributed by atoms with van der Waals surface area (Å²) in [5, 5.41) is 8.40. The van der Waals surface area contributed by atoms with Crippen LogP contribution in [0.15, 0.2) is 30.3 Å². The standard InChI is InChI=1S/C14H13Cl2N3/c1-9-6-10-4-2-3-5-11(10)19(8-9)12-7-13(15)17-18-14(12)16/h2-5,7,9H,6,8H2,1H3. The molecular weight excluding hydrogens is 281 g/mol. The minimum Gasteiger partial charge on any atom is -0.338 e. The maximum atomic E-state index is 6.17. The van der Waals surface area contributed by atoms with Crippen LogP contribution in [-0.2, 0) is 6.42 Å². The molecule has 0 saturated heterocycles. The summed E-state index contributed by atoms with van der Waals surface area (Å²) in [7, 11) is 0. The summed E-state index contributed by atoms with van der Waals surface area (Å²) in [6, 6.07) is 10.1. The van der Waals surface area contributed by atoms with Crippen LogP contribution in [0, 0.1) is 5.92 Å². The predicted molar refractivity (Wildman–Crippen MR) is 78.4 cm³/mol. The van der Waals surface area contributed by atoms with E-state index in [1.54, 1.807) is 6.07 Å². The molecule has 2 aromatic rings. The Morgan fingerprint density at radius 2 is 1.95 bits per heavy atom. The van der Waals surface area contributed by atoms with Crippen molar-refractivity contribution in [3.05, 3.63) is 46.2 Å². The van der Waals surface area contributed by atoms with Crippen molar-refractivity contribution >= 4 is 34.6 Å². The summed E-state index contributed by atoms with van der Waals surface area (Å²) in [4.78, 5) is 2.17. The Labute approximate surface area is 122 Å². The lowest BCUT2D eigenvalue weighted by molar-refractivity contribution is 0.562. The second-order valence-corrected chi connectivity index (χ2v) is 5.64. The zero-order valence-corrected chi connectivity index (χ0v) is 12.0. The van der Waals surface area contributed by atoms with Gasteiger partial charge >= 0.3 is 0 Å². The molecule has 0 amide bonds. The lowest BCUT2D eigenvalue weighted by Gasteiger charge is -2.34. The van der Waals surface area contributed by atoms with Crippen LogP contribution in [-0.4, -0.2) is 16.7 Å². The number of hydrogen-bond acceptors (Lipinski definition) is 3. The molecular formula is C14H13Cl2N3. The molecule has 0 fully saturated rings. The Hall–Kier alpha value is -1.32. The van der Waals surface area contributed by atoms with Crippen LogP contribution in [0.1, 0.15) is 12.5 Å². The van der Waals surface area contributed by atoms with Crippen molar-refractivity contribution in [2.75, 3.05) is 11.4 Å². The average Bonchev–Trinajstić information content (AvgIpc) is 2.40. The van der Waals surface area contributed by atoms with Crippen molar-refractivity contribution in [1.82, 2.24) is 10.2 Å². The van der Waals surface area contributed by atoms with Crippen LogP contribution in [0.25, 0.3) is 0 Å².